The maximum absolute atomic E-state index is 4.63. The minimum Gasteiger partial charge on any atom is -0.353 e. The Morgan fingerprint density at radius 2 is 2.23 bits per heavy atom. The number of nitrogens with one attached hydrogen (secondary N) is 2. The summed E-state index contributed by atoms with van der Waals surface area (Å²) in [5, 5.41) is 11.7. The van der Waals surface area contributed by atoms with Crippen LogP contribution in [0.3, 0.4) is 0 Å². The average Bonchev–Trinajstić information content (AvgIpc) is 2.87. The molecule has 0 radical (unpaired) electrons. The smallest absolute Gasteiger partial charge is 0.191 e. The molecule has 1 aromatic rings. The second kappa shape index (κ2) is 8.46. The molecule has 1 aliphatic heterocycles. The van der Waals surface area contributed by atoms with E-state index in [-0.39, 0.29) is 0 Å². The monoisotopic (exact) mass is 323 g/mol. The van der Waals surface area contributed by atoms with Gasteiger partial charge in [-0.25, -0.2) is 0 Å². The van der Waals surface area contributed by atoms with Crippen molar-refractivity contribution in [2.45, 2.75) is 52.1 Å². The summed E-state index contributed by atoms with van der Waals surface area (Å²) in [5.41, 5.74) is 3.83. The molecule has 1 aromatic heterocycles. The molecular formula is C16H29N5S. The zero-order valence-electron chi connectivity index (χ0n) is 14.3. The maximum Gasteiger partial charge on any atom is 0.191 e. The van der Waals surface area contributed by atoms with Crippen LogP contribution >= 0.6 is 11.8 Å². The van der Waals surface area contributed by atoms with E-state index < -0.39 is 0 Å². The minimum atomic E-state index is 0.537. The van der Waals surface area contributed by atoms with Gasteiger partial charge in [0.1, 0.15) is 0 Å². The van der Waals surface area contributed by atoms with Gasteiger partial charge in [0.25, 0.3) is 0 Å². The summed E-state index contributed by atoms with van der Waals surface area (Å²) in [7, 11) is 3.88. The highest BCUT2D eigenvalue weighted by Crippen LogP contribution is 2.17. The third-order valence-corrected chi connectivity index (χ3v) is 5.40. The zero-order valence-corrected chi connectivity index (χ0v) is 15.1. The Labute approximate surface area is 138 Å². The van der Waals surface area contributed by atoms with Gasteiger partial charge in [-0.2, -0.15) is 16.9 Å². The summed E-state index contributed by atoms with van der Waals surface area (Å²) in [4.78, 5) is 4.37. The number of aryl methyl sites for hydroxylation is 2. The van der Waals surface area contributed by atoms with Gasteiger partial charge in [-0.3, -0.25) is 9.67 Å². The molecule has 0 spiro atoms. The molecule has 1 fully saturated rings. The second-order valence-electron chi connectivity index (χ2n) is 5.69. The molecule has 6 heteroatoms. The molecule has 22 heavy (non-hydrogen) atoms. The lowest BCUT2D eigenvalue weighted by molar-refractivity contribution is 0.581. The van der Waals surface area contributed by atoms with Crippen LogP contribution in [-0.2, 0) is 26.4 Å². The van der Waals surface area contributed by atoms with Gasteiger partial charge in [0, 0.05) is 43.7 Å². The summed E-state index contributed by atoms with van der Waals surface area (Å²) in [6.45, 7) is 5.14. The van der Waals surface area contributed by atoms with Crippen molar-refractivity contribution in [2.24, 2.45) is 12.0 Å². The molecule has 1 atom stereocenters. The lowest BCUT2D eigenvalue weighted by Gasteiger charge is -2.24. The predicted molar refractivity (Wildman–Crippen MR) is 95.6 cm³/mol. The Bertz CT molecular complexity index is 503. The third-order valence-electron chi connectivity index (χ3n) is 4.19. The molecular weight excluding hydrogens is 294 g/mol. The van der Waals surface area contributed by atoms with E-state index >= 15 is 0 Å². The van der Waals surface area contributed by atoms with E-state index in [0.29, 0.717) is 6.04 Å². The van der Waals surface area contributed by atoms with Crippen molar-refractivity contribution in [3.63, 3.8) is 0 Å². The fraction of sp³-hybridized carbons (Fsp3) is 0.750. The molecule has 0 aliphatic carbocycles. The van der Waals surface area contributed by atoms with Crippen molar-refractivity contribution in [2.75, 3.05) is 18.6 Å². The Morgan fingerprint density at radius 3 is 2.82 bits per heavy atom. The summed E-state index contributed by atoms with van der Waals surface area (Å²) < 4.78 is 2.02. The van der Waals surface area contributed by atoms with Gasteiger partial charge in [-0.15, -0.1) is 0 Å². The molecule has 2 N–H and O–H groups in total. The molecule has 1 saturated heterocycles. The first-order valence-corrected chi connectivity index (χ1v) is 9.43. The fourth-order valence-corrected chi connectivity index (χ4v) is 4.08. The third kappa shape index (κ3) is 4.18. The van der Waals surface area contributed by atoms with Gasteiger partial charge in [0.05, 0.1) is 5.69 Å². The normalized spacial score (nSPS) is 19.3. The lowest BCUT2D eigenvalue weighted by Crippen LogP contribution is -2.45. The molecule has 0 bridgehead atoms. The average molecular weight is 324 g/mol. The summed E-state index contributed by atoms with van der Waals surface area (Å²) in [6, 6.07) is 0.537. The molecule has 1 unspecified atom stereocenters. The van der Waals surface area contributed by atoms with Crippen LogP contribution in [-0.4, -0.2) is 40.3 Å². The minimum absolute atomic E-state index is 0.537. The summed E-state index contributed by atoms with van der Waals surface area (Å²) in [6.07, 6.45) is 4.50. The molecule has 0 amide bonds. The van der Waals surface area contributed by atoms with Gasteiger partial charge in [0.15, 0.2) is 5.96 Å². The lowest BCUT2D eigenvalue weighted by atomic mass is 10.1. The number of guanidine groups is 1. The van der Waals surface area contributed by atoms with Crippen molar-refractivity contribution < 1.29 is 0 Å². The van der Waals surface area contributed by atoms with Gasteiger partial charge in [-0.05, 0) is 31.4 Å². The molecule has 5 nitrogen and oxygen atoms in total. The zero-order chi connectivity index (χ0) is 15.9. The van der Waals surface area contributed by atoms with E-state index in [4.69, 9.17) is 0 Å². The maximum atomic E-state index is 4.63. The van der Waals surface area contributed by atoms with E-state index in [2.05, 4.69) is 34.6 Å². The SMILES string of the molecule is CCc1nn(C)c(CC)c1CNC(=NC)NC1CCCSC1. The van der Waals surface area contributed by atoms with Crippen LogP contribution in [0.1, 0.15) is 43.6 Å². The quantitative estimate of drug-likeness (QED) is 0.644. The van der Waals surface area contributed by atoms with Crippen molar-refractivity contribution >= 4 is 17.7 Å². The van der Waals surface area contributed by atoms with Crippen LogP contribution in [0.4, 0.5) is 0 Å². The van der Waals surface area contributed by atoms with E-state index in [1.165, 1.54) is 41.3 Å². The van der Waals surface area contributed by atoms with E-state index in [1.807, 2.05) is 30.5 Å². The van der Waals surface area contributed by atoms with Crippen molar-refractivity contribution in [3.05, 3.63) is 17.0 Å². The second-order valence-corrected chi connectivity index (χ2v) is 6.84. The number of aromatic nitrogens is 2. The van der Waals surface area contributed by atoms with E-state index in [0.717, 1.165) is 25.3 Å². The Morgan fingerprint density at radius 1 is 1.41 bits per heavy atom. The molecule has 0 saturated carbocycles. The Hall–Kier alpha value is -1.17. The van der Waals surface area contributed by atoms with Crippen LogP contribution in [0.15, 0.2) is 4.99 Å². The van der Waals surface area contributed by atoms with Crippen molar-refractivity contribution in [1.29, 1.82) is 0 Å². The van der Waals surface area contributed by atoms with Crippen LogP contribution < -0.4 is 10.6 Å². The van der Waals surface area contributed by atoms with E-state index in [9.17, 15) is 0 Å². The first kappa shape index (κ1) is 17.2. The number of hydrogen-bond acceptors (Lipinski definition) is 3. The molecule has 2 rings (SSSR count). The molecule has 124 valence electrons. The Balaban J connectivity index is 1.98. The highest BCUT2D eigenvalue weighted by molar-refractivity contribution is 7.99. The first-order chi connectivity index (χ1) is 10.7. The standard InChI is InChI=1S/C16H29N5S/c1-5-14-13(15(6-2)21(4)20-14)10-18-16(17-3)19-12-8-7-9-22-11-12/h12H,5-11H2,1-4H3,(H2,17,18,19). The number of rotatable bonds is 5. The number of aliphatic imine (C=N–C) groups is 1. The highest BCUT2D eigenvalue weighted by Gasteiger charge is 2.17. The van der Waals surface area contributed by atoms with Gasteiger partial charge < -0.3 is 10.6 Å². The summed E-state index contributed by atoms with van der Waals surface area (Å²) >= 11 is 2.03. The molecule has 1 aliphatic rings. The van der Waals surface area contributed by atoms with Gasteiger partial charge in [0.2, 0.25) is 0 Å². The van der Waals surface area contributed by atoms with Gasteiger partial charge in [-0.1, -0.05) is 13.8 Å². The number of thioether (sulfide) groups is 1. The van der Waals surface area contributed by atoms with Crippen LogP contribution in [0, 0.1) is 0 Å². The van der Waals surface area contributed by atoms with Gasteiger partial charge >= 0.3 is 0 Å². The molecule has 2 heterocycles. The van der Waals surface area contributed by atoms with Crippen molar-refractivity contribution in [1.82, 2.24) is 20.4 Å². The number of nitrogens with zero attached hydrogens (tertiary/aromatic N) is 3. The topological polar surface area (TPSA) is 54.2 Å². The fourth-order valence-electron chi connectivity index (χ4n) is 3.01. The summed E-state index contributed by atoms with van der Waals surface area (Å²) in [5.74, 6) is 3.37. The molecule has 0 aromatic carbocycles. The van der Waals surface area contributed by atoms with Crippen molar-refractivity contribution in [3.8, 4) is 0 Å². The predicted octanol–water partition coefficient (Wildman–Crippen LogP) is 2.11. The van der Waals surface area contributed by atoms with Crippen LogP contribution in [0.2, 0.25) is 0 Å². The van der Waals surface area contributed by atoms with E-state index in [1.54, 1.807) is 0 Å². The first-order valence-electron chi connectivity index (χ1n) is 8.28. The highest BCUT2D eigenvalue weighted by atomic mass is 32.2. The van der Waals surface area contributed by atoms with Crippen LogP contribution in [0.5, 0.6) is 0 Å². The van der Waals surface area contributed by atoms with Crippen LogP contribution in [0.25, 0.3) is 0 Å². The largest absolute Gasteiger partial charge is 0.353 e. The number of hydrogen-bond donors (Lipinski definition) is 2. The Kier molecular flexibility index (Phi) is 6.61.